The molecule has 1 heterocycles. The summed E-state index contributed by atoms with van der Waals surface area (Å²) in [4.78, 5) is 38.5. The fourth-order valence-corrected chi connectivity index (χ4v) is 6.32. The van der Waals surface area contributed by atoms with E-state index in [0.717, 1.165) is 22.4 Å². The van der Waals surface area contributed by atoms with Gasteiger partial charge >= 0.3 is 11.9 Å². The molecule has 42 heavy (non-hydrogen) atoms. The quantitative estimate of drug-likeness (QED) is 0.210. The first-order valence-corrected chi connectivity index (χ1v) is 13.6. The lowest BCUT2D eigenvalue weighted by Gasteiger charge is -2.49. The van der Waals surface area contributed by atoms with Crippen molar-refractivity contribution in [2.45, 2.75) is 18.3 Å². The van der Waals surface area contributed by atoms with Crippen LogP contribution < -0.4 is 19.5 Å². The van der Waals surface area contributed by atoms with Crippen molar-refractivity contribution in [3.8, 4) is 28.4 Å². The average molecular weight is 564 g/mol. The van der Waals surface area contributed by atoms with Crippen molar-refractivity contribution in [3.05, 3.63) is 108 Å². The van der Waals surface area contributed by atoms with E-state index in [0.29, 0.717) is 34.8 Å². The molecule has 0 bridgehead atoms. The first-order chi connectivity index (χ1) is 20.4. The molecule has 0 saturated heterocycles. The second-order valence-corrected chi connectivity index (χ2v) is 10.5. The van der Waals surface area contributed by atoms with Crippen molar-refractivity contribution >= 4 is 23.5 Å². The number of amides is 1. The molecule has 1 aliphatic carbocycles. The minimum absolute atomic E-state index is 0.0424. The van der Waals surface area contributed by atoms with Crippen molar-refractivity contribution < 1.29 is 33.7 Å². The van der Waals surface area contributed by atoms with Crippen LogP contribution in [-0.4, -0.2) is 37.2 Å². The number of benzene rings is 4. The molecule has 8 heteroatoms. The molecule has 212 valence electrons. The van der Waals surface area contributed by atoms with Crippen molar-refractivity contribution in [3.63, 3.8) is 0 Å². The van der Waals surface area contributed by atoms with E-state index < -0.39 is 35.6 Å². The van der Waals surface area contributed by atoms with Gasteiger partial charge in [0.2, 0.25) is 5.91 Å². The van der Waals surface area contributed by atoms with Gasteiger partial charge in [0.15, 0.2) is 0 Å². The Bertz CT molecular complexity index is 1640. The topological polar surface area (TPSA) is 111 Å². The van der Waals surface area contributed by atoms with Gasteiger partial charge in [-0.2, -0.15) is 0 Å². The number of carbonyl (C=O) groups excluding carboxylic acids is 2. The number of methoxy groups -OCH3 is 2. The van der Waals surface area contributed by atoms with E-state index in [1.807, 2.05) is 24.3 Å². The molecule has 2 aliphatic rings. The molecular formula is C34H29NO7. The fourth-order valence-electron chi connectivity index (χ4n) is 6.32. The lowest BCUT2D eigenvalue weighted by Crippen LogP contribution is -2.52. The molecule has 1 aliphatic heterocycles. The molecule has 0 aromatic heterocycles. The number of hydrogen-bond donors (Lipinski definition) is 2. The van der Waals surface area contributed by atoms with E-state index in [4.69, 9.17) is 14.2 Å². The summed E-state index contributed by atoms with van der Waals surface area (Å²) in [7, 11) is 3.04. The Morgan fingerprint density at radius 3 is 2.00 bits per heavy atom. The molecule has 1 amide bonds. The van der Waals surface area contributed by atoms with Crippen LogP contribution in [-0.2, 0) is 20.8 Å². The summed E-state index contributed by atoms with van der Waals surface area (Å²) in [5, 5.41) is 13.3. The number of esters is 1. The van der Waals surface area contributed by atoms with Gasteiger partial charge in [-0.25, -0.2) is 0 Å². The molecular weight excluding hydrogens is 534 g/mol. The molecule has 8 nitrogen and oxygen atoms in total. The predicted octanol–water partition coefficient (Wildman–Crippen LogP) is 5.67. The van der Waals surface area contributed by atoms with E-state index in [2.05, 4.69) is 5.32 Å². The summed E-state index contributed by atoms with van der Waals surface area (Å²) in [6.45, 7) is 0. The standard InChI is InChI=1S/C34H29NO7/c1-40-26-12-5-3-10-23(26)29-31(33(37)38)30(24-11-4-6-13-27(24)41-2)32(29)34(39)42-22-9-7-8-19(16-22)20-14-15-21-18-28(36)35-25(21)17-20/h3-17,29-32H,18H2,1-2H3,(H,35,36)(H,37,38)/t29-,30-,31?,32?/m1/s1. The Morgan fingerprint density at radius 2 is 1.38 bits per heavy atom. The molecule has 6 rings (SSSR count). The van der Waals surface area contributed by atoms with Crippen LogP contribution in [0.1, 0.15) is 28.5 Å². The van der Waals surface area contributed by atoms with Crippen LogP contribution in [0.25, 0.3) is 11.1 Å². The maximum absolute atomic E-state index is 14.0. The van der Waals surface area contributed by atoms with Crippen molar-refractivity contribution in [2.75, 3.05) is 19.5 Å². The number of rotatable bonds is 8. The first kappa shape index (κ1) is 27.1. The van der Waals surface area contributed by atoms with Crippen LogP contribution in [0.4, 0.5) is 5.69 Å². The maximum Gasteiger partial charge on any atom is 0.315 e. The zero-order valence-corrected chi connectivity index (χ0v) is 23.1. The molecule has 1 fully saturated rings. The minimum Gasteiger partial charge on any atom is -0.496 e. The molecule has 0 radical (unpaired) electrons. The SMILES string of the molecule is COc1ccccc1[C@@H]1C(C(=O)O)[C@@H](c2ccccc2OC)C1C(=O)Oc1cccc(-c2ccc3c(c2)NC(=O)C3)c1. The zero-order valence-electron chi connectivity index (χ0n) is 23.1. The van der Waals surface area contributed by atoms with Crippen LogP contribution >= 0.6 is 0 Å². The number of ether oxygens (including phenoxy) is 3. The Labute approximate surface area is 242 Å². The monoisotopic (exact) mass is 563 g/mol. The van der Waals surface area contributed by atoms with Crippen LogP contribution in [0.5, 0.6) is 17.2 Å². The number of anilines is 1. The van der Waals surface area contributed by atoms with E-state index >= 15 is 0 Å². The summed E-state index contributed by atoms with van der Waals surface area (Å²) in [5.41, 5.74) is 4.65. The van der Waals surface area contributed by atoms with E-state index in [1.165, 1.54) is 14.2 Å². The molecule has 4 aromatic carbocycles. The molecule has 2 N–H and O–H groups in total. The van der Waals surface area contributed by atoms with Crippen molar-refractivity contribution in [2.24, 2.45) is 11.8 Å². The van der Waals surface area contributed by atoms with E-state index in [-0.39, 0.29) is 5.91 Å². The van der Waals surface area contributed by atoms with Crippen LogP contribution in [0.2, 0.25) is 0 Å². The van der Waals surface area contributed by atoms with Crippen molar-refractivity contribution in [1.82, 2.24) is 0 Å². The van der Waals surface area contributed by atoms with Gasteiger partial charge in [-0.3, -0.25) is 14.4 Å². The number of carbonyl (C=O) groups is 3. The number of aliphatic carboxylic acids is 1. The number of para-hydroxylation sites is 2. The normalized spacial score (nSPS) is 20.6. The lowest BCUT2D eigenvalue weighted by atomic mass is 9.52. The lowest BCUT2D eigenvalue weighted by molar-refractivity contribution is -0.158. The number of nitrogens with one attached hydrogen (secondary N) is 1. The van der Waals surface area contributed by atoms with Gasteiger partial charge in [0.1, 0.15) is 17.2 Å². The number of carboxylic acids is 1. The Hall–Kier alpha value is -5.11. The second kappa shape index (κ2) is 11.0. The van der Waals surface area contributed by atoms with E-state index in [1.54, 1.807) is 66.7 Å². The third kappa shape index (κ3) is 4.75. The van der Waals surface area contributed by atoms with Crippen LogP contribution in [0.15, 0.2) is 91.0 Å². The first-order valence-electron chi connectivity index (χ1n) is 13.6. The van der Waals surface area contributed by atoms with Gasteiger partial charge in [0, 0.05) is 17.5 Å². The highest BCUT2D eigenvalue weighted by atomic mass is 16.5. The van der Waals surface area contributed by atoms with Gasteiger partial charge in [-0.1, -0.05) is 60.7 Å². The number of hydrogen-bond acceptors (Lipinski definition) is 6. The molecule has 2 atom stereocenters. The minimum atomic E-state index is -1.02. The summed E-state index contributed by atoms with van der Waals surface area (Å²) in [5.74, 6) is -3.37. The number of carboxylic acid groups (broad SMARTS) is 1. The molecule has 4 aromatic rings. The highest BCUT2D eigenvalue weighted by molar-refractivity contribution is 6.00. The summed E-state index contributed by atoms with van der Waals surface area (Å²) < 4.78 is 17.1. The van der Waals surface area contributed by atoms with Crippen LogP contribution in [0, 0.1) is 11.8 Å². The summed E-state index contributed by atoms with van der Waals surface area (Å²) in [6.07, 6.45) is 0.354. The van der Waals surface area contributed by atoms with Crippen LogP contribution in [0.3, 0.4) is 0 Å². The summed E-state index contributed by atoms with van der Waals surface area (Å²) in [6, 6.07) is 27.2. The van der Waals surface area contributed by atoms with Gasteiger partial charge in [0.25, 0.3) is 0 Å². The smallest absolute Gasteiger partial charge is 0.315 e. The Kier molecular flexibility index (Phi) is 7.12. The second-order valence-electron chi connectivity index (χ2n) is 10.5. The largest absolute Gasteiger partial charge is 0.496 e. The zero-order chi connectivity index (χ0) is 29.4. The Balaban J connectivity index is 1.36. The molecule has 0 unspecified atom stereocenters. The predicted molar refractivity (Wildman–Crippen MR) is 156 cm³/mol. The summed E-state index contributed by atoms with van der Waals surface area (Å²) >= 11 is 0. The highest BCUT2D eigenvalue weighted by Gasteiger charge is 2.60. The highest BCUT2D eigenvalue weighted by Crippen LogP contribution is 2.60. The third-order valence-corrected chi connectivity index (χ3v) is 8.22. The van der Waals surface area contributed by atoms with Gasteiger partial charge in [0.05, 0.1) is 32.5 Å². The molecule has 0 spiro atoms. The maximum atomic E-state index is 14.0. The fraction of sp³-hybridized carbons (Fsp3) is 0.206. The Morgan fingerprint density at radius 1 is 0.762 bits per heavy atom. The number of fused-ring (bicyclic) bond motifs is 1. The van der Waals surface area contributed by atoms with E-state index in [9.17, 15) is 19.5 Å². The van der Waals surface area contributed by atoms with Gasteiger partial charge < -0.3 is 24.6 Å². The average Bonchev–Trinajstić information content (AvgIpc) is 3.36. The third-order valence-electron chi connectivity index (χ3n) is 8.22. The molecule has 1 saturated carbocycles. The van der Waals surface area contributed by atoms with Gasteiger partial charge in [-0.15, -0.1) is 0 Å². The van der Waals surface area contributed by atoms with Crippen molar-refractivity contribution in [1.29, 1.82) is 0 Å². The van der Waals surface area contributed by atoms with Gasteiger partial charge in [-0.05, 0) is 58.1 Å².